The van der Waals surface area contributed by atoms with Gasteiger partial charge in [0.15, 0.2) is 0 Å². The first-order chi connectivity index (χ1) is 8.97. The summed E-state index contributed by atoms with van der Waals surface area (Å²) in [6.45, 7) is 4.53. The number of nitrogens with one attached hydrogen (secondary N) is 1. The molecule has 19 heavy (non-hydrogen) atoms. The zero-order chi connectivity index (χ0) is 14.3. The van der Waals surface area contributed by atoms with Crippen molar-refractivity contribution in [3.8, 4) is 0 Å². The van der Waals surface area contributed by atoms with Crippen LogP contribution >= 0.6 is 11.6 Å². The van der Waals surface area contributed by atoms with Crippen molar-refractivity contribution >= 4 is 27.3 Å². The molecule has 0 saturated carbocycles. The Morgan fingerprint density at radius 3 is 2.84 bits per heavy atom. The highest BCUT2D eigenvalue weighted by Gasteiger charge is 2.17. The van der Waals surface area contributed by atoms with Gasteiger partial charge in [-0.05, 0) is 24.6 Å². The Kier molecular flexibility index (Phi) is 6.30. The smallest absolute Gasteiger partial charge is 0.242 e. The molecule has 0 spiro atoms. The van der Waals surface area contributed by atoms with Gasteiger partial charge < -0.3 is 10.5 Å². The summed E-state index contributed by atoms with van der Waals surface area (Å²) in [6, 6.07) is 4.31. The molecule has 0 aliphatic heterocycles. The Hall–Kier alpha value is -1.08. The third-order valence-electron chi connectivity index (χ3n) is 2.25. The van der Waals surface area contributed by atoms with Gasteiger partial charge in [-0.1, -0.05) is 17.7 Å². The van der Waals surface area contributed by atoms with Gasteiger partial charge in [0.25, 0.3) is 0 Å². The number of halogens is 1. The second kappa shape index (κ2) is 7.49. The number of hydrogen-bond donors (Lipinski definition) is 2. The fourth-order valence-electron chi connectivity index (χ4n) is 1.32. The Bertz CT molecular complexity index is 532. The molecule has 0 aliphatic rings. The summed E-state index contributed by atoms with van der Waals surface area (Å²) in [5.74, 6) is 0. The van der Waals surface area contributed by atoms with Gasteiger partial charge in [0.2, 0.25) is 10.0 Å². The first-order valence-electron chi connectivity index (χ1n) is 5.70. The van der Waals surface area contributed by atoms with Gasteiger partial charge in [-0.15, -0.1) is 6.58 Å². The van der Waals surface area contributed by atoms with Gasteiger partial charge in [-0.3, -0.25) is 0 Å². The fraction of sp³-hybridized carbons (Fsp3) is 0.333. The molecule has 0 radical (unpaired) electrons. The van der Waals surface area contributed by atoms with Crippen LogP contribution in [-0.4, -0.2) is 28.2 Å². The van der Waals surface area contributed by atoms with Crippen LogP contribution < -0.4 is 10.5 Å². The monoisotopic (exact) mass is 304 g/mol. The summed E-state index contributed by atoms with van der Waals surface area (Å²) in [6.07, 6.45) is 2.46. The summed E-state index contributed by atoms with van der Waals surface area (Å²) in [7, 11) is -3.67. The predicted octanol–water partition coefficient (Wildman–Crippen LogP) is 1.79. The van der Waals surface area contributed by atoms with E-state index in [2.05, 4.69) is 11.3 Å². The van der Waals surface area contributed by atoms with Crippen molar-refractivity contribution in [2.75, 3.05) is 25.5 Å². The fourth-order valence-corrected chi connectivity index (χ4v) is 2.87. The zero-order valence-corrected chi connectivity index (χ0v) is 12.0. The summed E-state index contributed by atoms with van der Waals surface area (Å²) in [5, 5.41) is 0.134. The number of benzene rings is 1. The highest BCUT2D eigenvalue weighted by molar-refractivity contribution is 7.89. The molecule has 3 N–H and O–H groups in total. The number of hydrogen-bond acceptors (Lipinski definition) is 4. The molecule has 0 amide bonds. The van der Waals surface area contributed by atoms with Gasteiger partial charge in [-0.2, -0.15) is 0 Å². The van der Waals surface area contributed by atoms with E-state index < -0.39 is 10.0 Å². The van der Waals surface area contributed by atoms with E-state index in [-0.39, 0.29) is 23.1 Å². The van der Waals surface area contributed by atoms with Gasteiger partial charge in [0.05, 0.1) is 18.2 Å². The van der Waals surface area contributed by atoms with Crippen molar-refractivity contribution in [2.45, 2.75) is 11.3 Å². The van der Waals surface area contributed by atoms with Crippen LogP contribution in [0.1, 0.15) is 6.42 Å². The van der Waals surface area contributed by atoms with E-state index in [1.54, 1.807) is 12.1 Å². The average Bonchev–Trinajstić information content (AvgIpc) is 2.36. The lowest BCUT2D eigenvalue weighted by Crippen LogP contribution is -2.27. The first-order valence-corrected chi connectivity index (χ1v) is 7.57. The van der Waals surface area contributed by atoms with Crippen LogP contribution in [0.15, 0.2) is 35.7 Å². The van der Waals surface area contributed by atoms with Crippen LogP contribution in [0, 0.1) is 0 Å². The van der Waals surface area contributed by atoms with E-state index in [9.17, 15) is 8.42 Å². The third-order valence-corrected chi connectivity index (χ3v) is 4.19. The van der Waals surface area contributed by atoms with Crippen LogP contribution in [0.3, 0.4) is 0 Å². The van der Waals surface area contributed by atoms with Crippen LogP contribution in [0.5, 0.6) is 0 Å². The van der Waals surface area contributed by atoms with Crippen molar-refractivity contribution in [1.82, 2.24) is 4.72 Å². The summed E-state index contributed by atoms with van der Waals surface area (Å²) >= 11 is 5.85. The number of rotatable bonds is 8. The summed E-state index contributed by atoms with van der Waals surface area (Å²) < 4.78 is 31.5. The lowest BCUT2D eigenvalue weighted by molar-refractivity contribution is 0.144. The molecular formula is C12H17ClN2O3S. The van der Waals surface area contributed by atoms with Crippen molar-refractivity contribution in [3.05, 3.63) is 35.9 Å². The Morgan fingerprint density at radius 2 is 2.16 bits per heavy atom. The Labute approximate surface area is 118 Å². The molecule has 106 valence electrons. The number of nitrogens with two attached hydrogens (primary N) is 1. The molecule has 0 saturated heterocycles. The number of sulfonamides is 1. The van der Waals surface area contributed by atoms with E-state index in [0.717, 1.165) is 6.42 Å². The lowest BCUT2D eigenvalue weighted by atomic mass is 10.3. The maximum atomic E-state index is 12.0. The molecule has 1 aromatic rings. The molecule has 1 aromatic carbocycles. The van der Waals surface area contributed by atoms with Crippen molar-refractivity contribution in [2.24, 2.45) is 0 Å². The van der Waals surface area contributed by atoms with E-state index >= 15 is 0 Å². The molecular weight excluding hydrogens is 288 g/mol. The lowest BCUT2D eigenvalue weighted by Gasteiger charge is -2.09. The maximum Gasteiger partial charge on any atom is 0.242 e. The van der Waals surface area contributed by atoms with Crippen LogP contribution in [0.2, 0.25) is 5.02 Å². The van der Waals surface area contributed by atoms with E-state index in [1.165, 1.54) is 12.1 Å². The maximum absolute atomic E-state index is 12.0. The molecule has 0 atom stereocenters. The molecule has 0 heterocycles. The minimum Gasteiger partial charge on any atom is -0.399 e. The molecule has 0 unspecified atom stereocenters. The van der Waals surface area contributed by atoms with Crippen LogP contribution in [0.25, 0.3) is 0 Å². The number of nitrogen functional groups attached to an aromatic ring is 1. The normalized spacial score (nSPS) is 11.4. The van der Waals surface area contributed by atoms with Crippen LogP contribution in [0.4, 0.5) is 5.69 Å². The SMILES string of the molecule is C=CCCOCCNS(=O)(=O)c1cc(N)ccc1Cl. The predicted molar refractivity (Wildman–Crippen MR) is 76.7 cm³/mol. The highest BCUT2D eigenvalue weighted by Crippen LogP contribution is 2.23. The van der Waals surface area contributed by atoms with Gasteiger partial charge in [-0.25, -0.2) is 13.1 Å². The second-order valence-electron chi connectivity index (χ2n) is 3.78. The highest BCUT2D eigenvalue weighted by atomic mass is 35.5. The van der Waals surface area contributed by atoms with Crippen molar-refractivity contribution in [3.63, 3.8) is 0 Å². The van der Waals surface area contributed by atoms with E-state index in [4.69, 9.17) is 22.1 Å². The van der Waals surface area contributed by atoms with E-state index in [1.807, 2.05) is 0 Å². The largest absolute Gasteiger partial charge is 0.399 e. The van der Waals surface area contributed by atoms with Gasteiger partial charge >= 0.3 is 0 Å². The molecule has 1 rings (SSSR count). The molecule has 5 nitrogen and oxygen atoms in total. The Balaban J connectivity index is 2.56. The van der Waals surface area contributed by atoms with Crippen LogP contribution in [-0.2, 0) is 14.8 Å². The quantitative estimate of drug-likeness (QED) is 0.436. The first kappa shape index (κ1) is 16.0. The molecule has 0 bridgehead atoms. The Morgan fingerprint density at radius 1 is 1.42 bits per heavy atom. The molecule has 7 heteroatoms. The van der Waals surface area contributed by atoms with Crippen molar-refractivity contribution in [1.29, 1.82) is 0 Å². The van der Waals surface area contributed by atoms with Gasteiger partial charge in [0.1, 0.15) is 4.90 Å². The topological polar surface area (TPSA) is 81.4 Å². The number of anilines is 1. The van der Waals surface area contributed by atoms with E-state index in [0.29, 0.717) is 12.3 Å². The second-order valence-corrected chi connectivity index (χ2v) is 5.92. The third kappa shape index (κ3) is 5.20. The molecule has 0 fully saturated rings. The molecule has 0 aliphatic carbocycles. The van der Waals surface area contributed by atoms with Crippen molar-refractivity contribution < 1.29 is 13.2 Å². The minimum atomic E-state index is -3.67. The summed E-state index contributed by atoms with van der Waals surface area (Å²) in [4.78, 5) is -0.0275. The minimum absolute atomic E-state index is 0.0275. The zero-order valence-electron chi connectivity index (χ0n) is 10.4. The average molecular weight is 305 g/mol. The summed E-state index contributed by atoms with van der Waals surface area (Å²) in [5.41, 5.74) is 5.89. The number of ether oxygens (including phenoxy) is 1. The van der Waals surface area contributed by atoms with Gasteiger partial charge in [0, 0.05) is 12.2 Å². The molecule has 0 aromatic heterocycles. The standard InChI is InChI=1S/C12H17ClN2O3S/c1-2-3-7-18-8-6-15-19(16,17)12-9-10(14)4-5-11(12)13/h2,4-5,9,15H,1,3,6-8,14H2.